The molecule has 100 valence electrons. The number of pyridine rings is 1. The smallest absolute Gasteiger partial charge is 0.253 e. The van der Waals surface area contributed by atoms with Gasteiger partial charge in [0, 0.05) is 24.7 Å². The number of ketones is 1. The van der Waals surface area contributed by atoms with Crippen LogP contribution in [-0.4, -0.2) is 10.4 Å². The average molecular weight is 249 g/mol. The van der Waals surface area contributed by atoms with E-state index in [1.165, 1.54) is 0 Å². The zero-order valence-corrected chi connectivity index (χ0v) is 11.6. The van der Waals surface area contributed by atoms with Crippen LogP contribution >= 0.6 is 0 Å². The van der Waals surface area contributed by atoms with Gasteiger partial charge in [0.05, 0.1) is 0 Å². The molecule has 0 aliphatic rings. The Kier molecular flexibility index (Phi) is 5.83. The summed E-state index contributed by atoms with van der Waals surface area (Å²) >= 11 is 0. The van der Waals surface area contributed by atoms with Gasteiger partial charge in [0.15, 0.2) is 0 Å². The molecule has 0 aliphatic heterocycles. The summed E-state index contributed by atoms with van der Waals surface area (Å²) in [5, 5.41) is 0. The van der Waals surface area contributed by atoms with E-state index in [1.54, 1.807) is 11.5 Å². The van der Waals surface area contributed by atoms with E-state index < -0.39 is 0 Å². The van der Waals surface area contributed by atoms with Gasteiger partial charge < -0.3 is 9.36 Å². The van der Waals surface area contributed by atoms with Crippen molar-refractivity contribution in [2.45, 2.75) is 53.0 Å². The fourth-order valence-electron chi connectivity index (χ4n) is 2.19. The van der Waals surface area contributed by atoms with Gasteiger partial charge >= 0.3 is 0 Å². The minimum Gasteiger partial charge on any atom is -0.315 e. The number of nitrogens with zero attached hydrogens (tertiary/aromatic N) is 1. The summed E-state index contributed by atoms with van der Waals surface area (Å²) in [7, 11) is 0. The van der Waals surface area contributed by atoms with Crippen LogP contribution in [-0.2, 0) is 17.8 Å². The molecule has 3 heteroatoms. The highest BCUT2D eigenvalue weighted by molar-refractivity contribution is 5.75. The molecule has 0 saturated carbocycles. The molecule has 0 fully saturated rings. The first-order valence-electron chi connectivity index (χ1n) is 6.72. The Labute approximate surface area is 109 Å². The van der Waals surface area contributed by atoms with E-state index >= 15 is 0 Å². The van der Waals surface area contributed by atoms with Crippen LogP contribution in [0.2, 0.25) is 0 Å². The summed E-state index contributed by atoms with van der Waals surface area (Å²) in [5.74, 6) is 0.570. The van der Waals surface area contributed by atoms with Crippen molar-refractivity contribution in [1.29, 1.82) is 0 Å². The van der Waals surface area contributed by atoms with Gasteiger partial charge in [-0.2, -0.15) is 0 Å². The van der Waals surface area contributed by atoms with E-state index in [0.717, 1.165) is 31.4 Å². The lowest BCUT2D eigenvalue weighted by Crippen LogP contribution is -2.23. The summed E-state index contributed by atoms with van der Waals surface area (Å²) in [6, 6.07) is 3.83. The van der Waals surface area contributed by atoms with Crippen molar-refractivity contribution in [3.05, 3.63) is 34.2 Å². The first-order chi connectivity index (χ1) is 8.54. The lowest BCUT2D eigenvalue weighted by Gasteiger charge is -2.10. The van der Waals surface area contributed by atoms with Gasteiger partial charge in [-0.3, -0.25) is 4.79 Å². The molecule has 1 aromatic heterocycles. The first-order valence-corrected chi connectivity index (χ1v) is 6.72. The maximum Gasteiger partial charge on any atom is 0.253 e. The zero-order chi connectivity index (χ0) is 13.5. The predicted octanol–water partition coefficient (Wildman–Crippen LogP) is 2.81. The normalized spacial score (nSPS) is 12.4. The van der Waals surface area contributed by atoms with E-state index in [-0.39, 0.29) is 11.3 Å². The molecule has 18 heavy (non-hydrogen) atoms. The van der Waals surface area contributed by atoms with Crippen molar-refractivity contribution < 1.29 is 4.79 Å². The molecule has 0 bridgehead atoms. The van der Waals surface area contributed by atoms with Crippen LogP contribution in [0.1, 0.15) is 45.6 Å². The summed E-state index contributed by atoms with van der Waals surface area (Å²) in [6.45, 7) is 6.52. The Bertz CT molecular complexity index is 448. The lowest BCUT2D eigenvalue weighted by atomic mass is 9.97. The van der Waals surface area contributed by atoms with Gasteiger partial charge in [-0.1, -0.05) is 19.9 Å². The van der Waals surface area contributed by atoms with Crippen LogP contribution in [0, 0.1) is 5.92 Å². The van der Waals surface area contributed by atoms with Gasteiger partial charge in [-0.25, -0.2) is 0 Å². The van der Waals surface area contributed by atoms with Crippen LogP contribution in [0.15, 0.2) is 23.1 Å². The SMILES string of the molecule is CCCn1cccc(CC[C@@H](C)CC(C)=O)c1=O. The number of carbonyl (C=O) groups excluding carboxylic acids is 1. The van der Waals surface area contributed by atoms with Gasteiger partial charge in [0.1, 0.15) is 5.78 Å². The Hall–Kier alpha value is -1.38. The van der Waals surface area contributed by atoms with Crippen molar-refractivity contribution in [3.63, 3.8) is 0 Å². The van der Waals surface area contributed by atoms with Crippen LogP contribution in [0.25, 0.3) is 0 Å². The molecule has 0 radical (unpaired) electrons. The van der Waals surface area contributed by atoms with Gasteiger partial charge in [0.25, 0.3) is 5.56 Å². The minimum atomic E-state index is 0.120. The number of aromatic nitrogens is 1. The summed E-state index contributed by atoms with van der Waals surface area (Å²) in [4.78, 5) is 23.1. The van der Waals surface area contributed by atoms with Crippen LogP contribution in [0.5, 0.6) is 0 Å². The number of hydrogen-bond donors (Lipinski definition) is 0. The van der Waals surface area contributed by atoms with Crippen molar-refractivity contribution in [2.75, 3.05) is 0 Å². The second-order valence-corrected chi connectivity index (χ2v) is 5.08. The highest BCUT2D eigenvalue weighted by Crippen LogP contribution is 2.11. The Morgan fingerprint density at radius 3 is 2.78 bits per heavy atom. The molecule has 3 nitrogen and oxygen atoms in total. The quantitative estimate of drug-likeness (QED) is 0.745. The third-order valence-corrected chi connectivity index (χ3v) is 3.11. The molecule has 1 heterocycles. The third-order valence-electron chi connectivity index (χ3n) is 3.11. The van der Waals surface area contributed by atoms with Crippen LogP contribution in [0.4, 0.5) is 0 Å². The molecule has 0 aromatic carbocycles. The lowest BCUT2D eigenvalue weighted by molar-refractivity contribution is -0.117. The zero-order valence-electron chi connectivity index (χ0n) is 11.6. The van der Waals surface area contributed by atoms with Gasteiger partial charge in [-0.05, 0) is 38.2 Å². The van der Waals surface area contributed by atoms with Gasteiger partial charge in [-0.15, -0.1) is 0 Å². The molecule has 0 spiro atoms. The Morgan fingerprint density at radius 2 is 2.17 bits per heavy atom. The molecule has 0 N–H and O–H groups in total. The maximum absolute atomic E-state index is 12.1. The Morgan fingerprint density at radius 1 is 1.44 bits per heavy atom. The second kappa shape index (κ2) is 7.14. The largest absolute Gasteiger partial charge is 0.315 e. The Balaban J connectivity index is 2.65. The summed E-state index contributed by atoms with van der Waals surface area (Å²) < 4.78 is 1.77. The molecule has 0 amide bonds. The van der Waals surface area contributed by atoms with Crippen LogP contribution in [0.3, 0.4) is 0 Å². The van der Waals surface area contributed by atoms with E-state index in [0.29, 0.717) is 12.3 Å². The molecule has 0 saturated heterocycles. The fourth-order valence-corrected chi connectivity index (χ4v) is 2.19. The topological polar surface area (TPSA) is 39.1 Å². The predicted molar refractivity (Wildman–Crippen MR) is 73.8 cm³/mol. The third kappa shape index (κ3) is 4.47. The molecular weight excluding hydrogens is 226 g/mol. The van der Waals surface area contributed by atoms with Crippen LogP contribution < -0.4 is 5.56 Å². The van der Waals surface area contributed by atoms with Crippen molar-refractivity contribution in [2.24, 2.45) is 5.92 Å². The molecule has 1 aromatic rings. The molecule has 0 unspecified atom stereocenters. The number of aryl methyl sites for hydroxylation is 2. The summed E-state index contributed by atoms with van der Waals surface area (Å²) in [5.41, 5.74) is 0.982. The second-order valence-electron chi connectivity index (χ2n) is 5.08. The molecular formula is C15H23NO2. The van der Waals surface area contributed by atoms with E-state index in [9.17, 15) is 9.59 Å². The van der Waals surface area contributed by atoms with Crippen molar-refractivity contribution in [1.82, 2.24) is 4.57 Å². The highest BCUT2D eigenvalue weighted by Gasteiger charge is 2.08. The summed E-state index contributed by atoms with van der Waals surface area (Å²) in [6.07, 6.45) is 5.07. The molecule has 1 atom stereocenters. The van der Waals surface area contributed by atoms with Gasteiger partial charge in [0.2, 0.25) is 0 Å². The van der Waals surface area contributed by atoms with Crippen molar-refractivity contribution >= 4 is 5.78 Å². The van der Waals surface area contributed by atoms with E-state index in [1.807, 2.05) is 18.3 Å². The number of rotatable bonds is 7. The maximum atomic E-state index is 12.1. The van der Waals surface area contributed by atoms with E-state index in [2.05, 4.69) is 13.8 Å². The highest BCUT2D eigenvalue weighted by atomic mass is 16.1. The number of carbonyl (C=O) groups is 1. The first kappa shape index (κ1) is 14.7. The van der Waals surface area contributed by atoms with E-state index in [4.69, 9.17) is 0 Å². The van der Waals surface area contributed by atoms with Crippen molar-refractivity contribution in [3.8, 4) is 0 Å². The standard InChI is InChI=1S/C15H23NO2/c1-4-9-16-10-5-6-14(15(16)18)8-7-12(2)11-13(3)17/h5-6,10,12H,4,7-9,11H2,1-3H3/t12-/m1/s1. The molecule has 1 rings (SSSR count). The number of hydrogen-bond acceptors (Lipinski definition) is 2. The number of Topliss-reactive ketones (excluding diaryl/α,β-unsaturated/α-hetero) is 1. The molecule has 0 aliphatic carbocycles. The minimum absolute atomic E-state index is 0.120. The fraction of sp³-hybridized carbons (Fsp3) is 0.600. The monoisotopic (exact) mass is 249 g/mol. The average Bonchev–Trinajstić information content (AvgIpc) is 2.29.